The quantitative estimate of drug-likeness (QED) is 0.845. The predicted octanol–water partition coefficient (Wildman–Crippen LogP) is 1.49. The smallest absolute Gasteiger partial charge is 0.225 e. The Bertz CT molecular complexity index is 760. The first-order chi connectivity index (χ1) is 12.7. The van der Waals surface area contributed by atoms with Crippen LogP contribution in [0.2, 0.25) is 0 Å². The summed E-state index contributed by atoms with van der Waals surface area (Å²) in [6, 6.07) is 7.59. The van der Waals surface area contributed by atoms with Gasteiger partial charge in [-0.15, -0.1) is 0 Å². The van der Waals surface area contributed by atoms with Crippen LogP contribution in [-0.4, -0.2) is 49.3 Å². The Morgan fingerprint density at radius 3 is 2.85 bits per heavy atom. The number of amides is 1. The van der Waals surface area contributed by atoms with Crippen molar-refractivity contribution < 1.29 is 14.3 Å². The Balaban J connectivity index is 1.55. The van der Waals surface area contributed by atoms with E-state index in [4.69, 9.17) is 9.47 Å². The van der Waals surface area contributed by atoms with E-state index in [1.807, 2.05) is 31.2 Å². The van der Waals surface area contributed by atoms with Crippen molar-refractivity contribution in [1.82, 2.24) is 15.3 Å². The van der Waals surface area contributed by atoms with Crippen LogP contribution in [-0.2, 0) is 22.5 Å². The van der Waals surface area contributed by atoms with E-state index in [0.717, 1.165) is 35.7 Å². The molecule has 2 heterocycles. The molecule has 7 nitrogen and oxygen atoms in total. The molecule has 1 aliphatic heterocycles. The summed E-state index contributed by atoms with van der Waals surface area (Å²) in [5, 5.41) is 2.92. The van der Waals surface area contributed by atoms with Gasteiger partial charge in [0.25, 0.3) is 0 Å². The van der Waals surface area contributed by atoms with Gasteiger partial charge in [0.15, 0.2) is 0 Å². The largest absolute Gasteiger partial charge is 0.496 e. The molecule has 1 saturated heterocycles. The number of rotatable bonds is 6. The molecular weight excluding hydrogens is 332 g/mol. The molecule has 3 rings (SSSR count). The van der Waals surface area contributed by atoms with Gasteiger partial charge >= 0.3 is 0 Å². The Kier molecular flexibility index (Phi) is 6.01. The average molecular weight is 356 g/mol. The molecule has 0 bridgehead atoms. The lowest BCUT2D eigenvalue weighted by Crippen LogP contribution is -2.37. The number of carbonyl (C=O) groups is 1. The molecule has 0 saturated carbocycles. The molecule has 1 aliphatic rings. The summed E-state index contributed by atoms with van der Waals surface area (Å²) < 4.78 is 10.6. The lowest BCUT2D eigenvalue weighted by atomic mass is 10.1. The van der Waals surface area contributed by atoms with Crippen molar-refractivity contribution in [1.29, 1.82) is 0 Å². The predicted molar refractivity (Wildman–Crippen MR) is 98.3 cm³/mol. The fourth-order valence-electron chi connectivity index (χ4n) is 2.89. The van der Waals surface area contributed by atoms with Gasteiger partial charge < -0.3 is 19.7 Å². The summed E-state index contributed by atoms with van der Waals surface area (Å²) in [5.41, 5.74) is 2.77. The van der Waals surface area contributed by atoms with Gasteiger partial charge in [0.2, 0.25) is 11.9 Å². The molecule has 0 aliphatic carbocycles. The van der Waals surface area contributed by atoms with Gasteiger partial charge in [-0.25, -0.2) is 9.97 Å². The normalized spacial score (nSPS) is 14.2. The monoisotopic (exact) mass is 356 g/mol. The van der Waals surface area contributed by atoms with E-state index >= 15 is 0 Å². The first-order valence-electron chi connectivity index (χ1n) is 8.70. The number of nitrogens with one attached hydrogen (secondary N) is 1. The Morgan fingerprint density at radius 2 is 2.12 bits per heavy atom. The third kappa shape index (κ3) is 4.70. The number of hydrogen-bond donors (Lipinski definition) is 1. The van der Waals surface area contributed by atoms with Gasteiger partial charge in [-0.2, -0.15) is 0 Å². The topological polar surface area (TPSA) is 76.6 Å². The molecule has 1 fully saturated rings. The molecule has 26 heavy (non-hydrogen) atoms. The van der Waals surface area contributed by atoms with Crippen molar-refractivity contribution in [3.63, 3.8) is 0 Å². The van der Waals surface area contributed by atoms with E-state index in [0.29, 0.717) is 32.1 Å². The highest BCUT2D eigenvalue weighted by Gasteiger charge is 2.14. The first kappa shape index (κ1) is 18.1. The summed E-state index contributed by atoms with van der Waals surface area (Å²) in [7, 11) is 1.64. The average Bonchev–Trinajstić information content (AvgIpc) is 2.67. The number of methoxy groups -OCH3 is 1. The van der Waals surface area contributed by atoms with Crippen LogP contribution < -0.4 is 15.0 Å². The van der Waals surface area contributed by atoms with Crippen molar-refractivity contribution >= 4 is 11.9 Å². The summed E-state index contributed by atoms with van der Waals surface area (Å²) in [6.45, 7) is 5.29. The standard InChI is InChI=1S/C19H24N4O3/c1-14-11-15(3-4-17(14)25-2)12-18(24)21-13-16-5-6-20-19(22-16)23-7-9-26-10-8-23/h3-6,11H,7-10,12-13H2,1-2H3,(H,21,24). The molecule has 0 radical (unpaired) electrons. The summed E-state index contributed by atoms with van der Waals surface area (Å²) in [6.07, 6.45) is 2.05. The van der Waals surface area contributed by atoms with Gasteiger partial charge in [-0.3, -0.25) is 4.79 Å². The highest BCUT2D eigenvalue weighted by atomic mass is 16.5. The first-order valence-corrected chi connectivity index (χ1v) is 8.70. The van der Waals surface area contributed by atoms with E-state index in [2.05, 4.69) is 20.2 Å². The molecule has 1 N–H and O–H groups in total. The number of anilines is 1. The molecule has 7 heteroatoms. The summed E-state index contributed by atoms with van der Waals surface area (Å²) >= 11 is 0. The van der Waals surface area contributed by atoms with Crippen LogP contribution in [0.4, 0.5) is 5.95 Å². The minimum Gasteiger partial charge on any atom is -0.496 e. The SMILES string of the molecule is COc1ccc(CC(=O)NCc2ccnc(N3CCOCC3)n2)cc1C. The van der Waals surface area contributed by atoms with E-state index in [-0.39, 0.29) is 5.91 Å². The van der Waals surface area contributed by atoms with Crippen molar-refractivity contribution in [3.05, 3.63) is 47.3 Å². The number of ether oxygens (including phenoxy) is 2. The second-order valence-electron chi connectivity index (χ2n) is 6.20. The number of aryl methyl sites for hydroxylation is 1. The molecule has 2 aromatic rings. The lowest BCUT2D eigenvalue weighted by Gasteiger charge is -2.26. The number of nitrogens with zero attached hydrogens (tertiary/aromatic N) is 3. The van der Waals surface area contributed by atoms with Crippen molar-refractivity contribution in [3.8, 4) is 5.75 Å². The summed E-state index contributed by atoms with van der Waals surface area (Å²) in [5.74, 6) is 1.47. The van der Waals surface area contributed by atoms with Crippen LogP contribution in [0, 0.1) is 6.92 Å². The summed E-state index contributed by atoms with van der Waals surface area (Å²) in [4.78, 5) is 23.2. The molecule has 0 unspecified atom stereocenters. The van der Waals surface area contributed by atoms with Crippen molar-refractivity contribution in [2.24, 2.45) is 0 Å². The maximum absolute atomic E-state index is 12.2. The van der Waals surface area contributed by atoms with Gasteiger partial charge in [-0.05, 0) is 30.2 Å². The minimum absolute atomic E-state index is 0.0406. The van der Waals surface area contributed by atoms with Crippen LogP contribution in [0.3, 0.4) is 0 Å². The third-order valence-corrected chi connectivity index (χ3v) is 4.29. The fraction of sp³-hybridized carbons (Fsp3) is 0.421. The second kappa shape index (κ2) is 8.62. The van der Waals surface area contributed by atoms with Crippen LogP contribution >= 0.6 is 0 Å². The highest BCUT2D eigenvalue weighted by molar-refractivity contribution is 5.78. The second-order valence-corrected chi connectivity index (χ2v) is 6.20. The maximum Gasteiger partial charge on any atom is 0.225 e. The molecule has 138 valence electrons. The zero-order chi connectivity index (χ0) is 18.4. The number of carbonyl (C=O) groups excluding carboxylic acids is 1. The van der Waals surface area contributed by atoms with Gasteiger partial charge in [0.05, 0.1) is 39.0 Å². The van der Waals surface area contributed by atoms with E-state index in [1.165, 1.54) is 0 Å². The minimum atomic E-state index is -0.0406. The molecule has 1 aromatic carbocycles. The molecular formula is C19H24N4O3. The Labute approximate surface area is 153 Å². The third-order valence-electron chi connectivity index (χ3n) is 4.29. The fourth-order valence-corrected chi connectivity index (χ4v) is 2.89. The molecule has 1 aromatic heterocycles. The van der Waals surface area contributed by atoms with E-state index in [9.17, 15) is 4.79 Å². The van der Waals surface area contributed by atoms with E-state index in [1.54, 1.807) is 13.3 Å². The maximum atomic E-state index is 12.2. The van der Waals surface area contributed by atoms with Gasteiger partial charge in [0, 0.05) is 19.3 Å². The number of hydrogen-bond acceptors (Lipinski definition) is 6. The Hall–Kier alpha value is -2.67. The number of benzene rings is 1. The molecule has 0 atom stereocenters. The zero-order valence-corrected chi connectivity index (χ0v) is 15.2. The van der Waals surface area contributed by atoms with Crippen LogP contribution in [0.1, 0.15) is 16.8 Å². The van der Waals surface area contributed by atoms with Crippen molar-refractivity contribution in [2.45, 2.75) is 19.9 Å². The number of aromatic nitrogens is 2. The zero-order valence-electron chi connectivity index (χ0n) is 15.2. The highest BCUT2D eigenvalue weighted by Crippen LogP contribution is 2.18. The Morgan fingerprint density at radius 1 is 1.31 bits per heavy atom. The van der Waals surface area contributed by atoms with Crippen LogP contribution in [0.5, 0.6) is 5.75 Å². The molecule has 1 amide bonds. The van der Waals surface area contributed by atoms with Gasteiger partial charge in [0.1, 0.15) is 5.75 Å². The van der Waals surface area contributed by atoms with Crippen LogP contribution in [0.25, 0.3) is 0 Å². The van der Waals surface area contributed by atoms with Crippen molar-refractivity contribution in [2.75, 3.05) is 38.3 Å². The molecule has 0 spiro atoms. The lowest BCUT2D eigenvalue weighted by molar-refractivity contribution is -0.120. The number of morpholine rings is 1. The van der Waals surface area contributed by atoms with E-state index < -0.39 is 0 Å². The van der Waals surface area contributed by atoms with Crippen LogP contribution in [0.15, 0.2) is 30.5 Å². The van der Waals surface area contributed by atoms with Gasteiger partial charge in [-0.1, -0.05) is 12.1 Å².